The minimum absolute atomic E-state index is 0.0597. The number of benzene rings is 1. The van der Waals surface area contributed by atoms with Gasteiger partial charge in [0, 0.05) is 24.4 Å². The summed E-state index contributed by atoms with van der Waals surface area (Å²) in [6.45, 7) is 3.94. The van der Waals surface area contributed by atoms with Crippen LogP contribution in [0.15, 0.2) is 24.3 Å². The van der Waals surface area contributed by atoms with Gasteiger partial charge in [0.05, 0.1) is 6.10 Å². The van der Waals surface area contributed by atoms with Gasteiger partial charge in [-0.15, -0.1) is 0 Å². The Kier molecular flexibility index (Phi) is 4.77. The second-order valence-electron chi connectivity index (χ2n) is 5.51. The Morgan fingerprint density at radius 2 is 2.00 bits per heavy atom. The minimum Gasteiger partial charge on any atom is -0.491 e. The Labute approximate surface area is 119 Å². The third-order valence-corrected chi connectivity index (χ3v) is 3.35. The van der Waals surface area contributed by atoms with Gasteiger partial charge in [-0.2, -0.15) is 0 Å². The number of carbonyl (C=O) groups excluding carboxylic acids is 2. The molecule has 1 fully saturated rings. The lowest BCUT2D eigenvalue weighted by Gasteiger charge is -2.20. The predicted octanol–water partition coefficient (Wildman–Crippen LogP) is 3.17. The van der Waals surface area contributed by atoms with Crippen LogP contribution in [0.3, 0.4) is 0 Å². The van der Waals surface area contributed by atoms with Crippen molar-refractivity contribution in [3.8, 4) is 5.75 Å². The molecule has 1 aliphatic carbocycles. The number of nitrogens with one attached hydrogen (secondary N) is 1. The van der Waals surface area contributed by atoms with E-state index < -0.39 is 0 Å². The van der Waals surface area contributed by atoms with Crippen LogP contribution >= 0.6 is 0 Å². The second kappa shape index (κ2) is 6.55. The number of Topliss-reactive ketones (excluding diaryl/α,β-unsaturated/α-hetero) is 1. The van der Waals surface area contributed by atoms with Crippen LogP contribution in [-0.4, -0.2) is 17.8 Å². The molecule has 1 saturated carbocycles. The fraction of sp³-hybridized carbons (Fsp3) is 0.500. The van der Waals surface area contributed by atoms with E-state index in [1.54, 1.807) is 0 Å². The van der Waals surface area contributed by atoms with Crippen molar-refractivity contribution in [2.75, 3.05) is 5.32 Å². The highest BCUT2D eigenvalue weighted by Crippen LogP contribution is 2.23. The lowest BCUT2D eigenvalue weighted by atomic mass is 9.88. The van der Waals surface area contributed by atoms with Crippen molar-refractivity contribution in [1.82, 2.24) is 0 Å². The monoisotopic (exact) mass is 275 g/mol. The molecule has 4 nitrogen and oxygen atoms in total. The van der Waals surface area contributed by atoms with Crippen molar-refractivity contribution in [2.24, 2.45) is 5.92 Å². The van der Waals surface area contributed by atoms with Gasteiger partial charge in [-0.05, 0) is 51.0 Å². The fourth-order valence-corrected chi connectivity index (χ4v) is 2.38. The van der Waals surface area contributed by atoms with Crippen molar-refractivity contribution in [2.45, 2.75) is 45.6 Å². The number of anilines is 1. The summed E-state index contributed by atoms with van der Waals surface area (Å²) < 4.78 is 5.55. The maximum Gasteiger partial charge on any atom is 0.227 e. The first-order valence-electron chi connectivity index (χ1n) is 7.14. The molecule has 0 spiro atoms. The Morgan fingerprint density at radius 3 is 2.60 bits per heavy atom. The summed E-state index contributed by atoms with van der Waals surface area (Å²) in [6, 6.07) is 7.31. The maximum absolute atomic E-state index is 12.1. The highest BCUT2D eigenvalue weighted by molar-refractivity contribution is 5.96. The highest BCUT2D eigenvalue weighted by Gasteiger charge is 2.25. The summed E-state index contributed by atoms with van der Waals surface area (Å²) in [4.78, 5) is 23.5. The highest BCUT2D eigenvalue weighted by atomic mass is 16.5. The van der Waals surface area contributed by atoms with Gasteiger partial charge in [0.25, 0.3) is 0 Å². The van der Waals surface area contributed by atoms with Crippen LogP contribution in [0.1, 0.15) is 39.5 Å². The molecule has 0 radical (unpaired) electrons. The number of carbonyl (C=O) groups is 2. The average Bonchev–Trinajstić information content (AvgIpc) is 2.40. The van der Waals surface area contributed by atoms with Gasteiger partial charge in [0.2, 0.25) is 5.91 Å². The van der Waals surface area contributed by atoms with E-state index in [1.165, 1.54) is 0 Å². The Morgan fingerprint density at radius 1 is 1.30 bits per heavy atom. The van der Waals surface area contributed by atoms with Crippen LogP contribution in [0.5, 0.6) is 5.75 Å². The zero-order valence-electron chi connectivity index (χ0n) is 12.0. The Bertz CT molecular complexity index is 479. The van der Waals surface area contributed by atoms with Crippen LogP contribution < -0.4 is 10.1 Å². The van der Waals surface area contributed by atoms with E-state index in [0.29, 0.717) is 12.8 Å². The fourth-order valence-electron chi connectivity index (χ4n) is 2.38. The van der Waals surface area contributed by atoms with Crippen molar-refractivity contribution >= 4 is 17.4 Å². The molecule has 2 rings (SSSR count). The zero-order chi connectivity index (χ0) is 14.5. The van der Waals surface area contributed by atoms with E-state index in [9.17, 15) is 9.59 Å². The predicted molar refractivity (Wildman–Crippen MR) is 77.8 cm³/mol. The van der Waals surface area contributed by atoms with E-state index in [0.717, 1.165) is 24.3 Å². The molecule has 0 aliphatic heterocycles. The van der Waals surface area contributed by atoms with Gasteiger partial charge in [-0.25, -0.2) is 0 Å². The van der Waals surface area contributed by atoms with E-state index in [-0.39, 0.29) is 23.7 Å². The zero-order valence-corrected chi connectivity index (χ0v) is 12.0. The molecule has 0 heterocycles. The number of ketones is 1. The molecule has 1 aromatic rings. The van der Waals surface area contributed by atoms with Crippen LogP contribution in [0.25, 0.3) is 0 Å². The normalized spacial score (nSPS) is 18.9. The quantitative estimate of drug-likeness (QED) is 0.918. The summed E-state index contributed by atoms with van der Waals surface area (Å²) in [5.74, 6) is 0.737. The van der Waals surface area contributed by atoms with Crippen LogP contribution in [0.4, 0.5) is 5.69 Å². The van der Waals surface area contributed by atoms with Crippen molar-refractivity contribution in [3.05, 3.63) is 24.3 Å². The van der Waals surface area contributed by atoms with Gasteiger partial charge in [0.15, 0.2) is 0 Å². The average molecular weight is 275 g/mol. The topological polar surface area (TPSA) is 55.4 Å². The molecule has 1 aliphatic rings. The number of hydrogen-bond donors (Lipinski definition) is 1. The maximum atomic E-state index is 12.1. The van der Waals surface area contributed by atoms with E-state index in [2.05, 4.69) is 5.32 Å². The van der Waals surface area contributed by atoms with Gasteiger partial charge in [-0.1, -0.05) is 0 Å². The van der Waals surface area contributed by atoms with Gasteiger partial charge < -0.3 is 10.1 Å². The summed E-state index contributed by atoms with van der Waals surface area (Å²) >= 11 is 0. The van der Waals surface area contributed by atoms with E-state index >= 15 is 0 Å². The largest absolute Gasteiger partial charge is 0.491 e. The van der Waals surface area contributed by atoms with Crippen LogP contribution in [-0.2, 0) is 9.59 Å². The third kappa shape index (κ3) is 4.08. The molecule has 1 aromatic carbocycles. The summed E-state index contributed by atoms with van der Waals surface area (Å²) in [6.07, 6.45) is 2.74. The molecule has 108 valence electrons. The van der Waals surface area contributed by atoms with Crippen molar-refractivity contribution in [1.29, 1.82) is 0 Å². The Balaban J connectivity index is 1.92. The molecule has 4 heteroatoms. The number of ether oxygens (including phenoxy) is 1. The van der Waals surface area contributed by atoms with E-state index in [4.69, 9.17) is 4.74 Å². The molecule has 20 heavy (non-hydrogen) atoms. The molecule has 0 aromatic heterocycles. The number of hydrogen-bond acceptors (Lipinski definition) is 3. The van der Waals surface area contributed by atoms with Crippen molar-refractivity contribution in [3.63, 3.8) is 0 Å². The summed E-state index contributed by atoms with van der Waals surface area (Å²) in [5, 5.41) is 2.87. The van der Waals surface area contributed by atoms with E-state index in [1.807, 2.05) is 38.1 Å². The molecule has 1 unspecified atom stereocenters. The van der Waals surface area contributed by atoms with Crippen molar-refractivity contribution < 1.29 is 14.3 Å². The first-order valence-corrected chi connectivity index (χ1v) is 7.14. The lowest BCUT2D eigenvalue weighted by molar-refractivity contribution is -0.128. The first kappa shape index (κ1) is 14.6. The molecule has 1 N–H and O–H groups in total. The minimum atomic E-state index is -0.178. The third-order valence-electron chi connectivity index (χ3n) is 3.35. The first-order chi connectivity index (χ1) is 9.54. The molecule has 1 amide bonds. The van der Waals surface area contributed by atoms with Crippen LogP contribution in [0.2, 0.25) is 0 Å². The summed E-state index contributed by atoms with van der Waals surface area (Å²) in [7, 11) is 0. The smallest absolute Gasteiger partial charge is 0.227 e. The number of rotatable bonds is 4. The Hall–Kier alpha value is -1.84. The summed E-state index contributed by atoms with van der Waals surface area (Å²) in [5.41, 5.74) is 0.740. The molecule has 0 bridgehead atoms. The molecular weight excluding hydrogens is 254 g/mol. The standard InChI is InChI=1S/C16H21NO3/c1-11(2)20-15-8-6-13(7-9-15)17-16(19)12-4-3-5-14(18)10-12/h6-9,11-12H,3-5,10H2,1-2H3,(H,17,19). The van der Waals surface area contributed by atoms with Gasteiger partial charge in [-0.3, -0.25) is 9.59 Å². The molecular formula is C16H21NO3. The number of amides is 1. The van der Waals surface area contributed by atoms with Crippen LogP contribution in [0, 0.1) is 5.92 Å². The van der Waals surface area contributed by atoms with Gasteiger partial charge >= 0.3 is 0 Å². The lowest BCUT2D eigenvalue weighted by Crippen LogP contribution is -2.28. The SMILES string of the molecule is CC(C)Oc1ccc(NC(=O)C2CCCC(=O)C2)cc1. The second-order valence-corrected chi connectivity index (χ2v) is 5.51. The van der Waals surface area contributed by atoms with Gasteiger partial charge in [0.1, 0.15) is 11.5 Å². The molecule has 0 saturated heterocycles. The molecule has 1 atom stereocenters.